The molecule has 2 heterocycles. The lowest BCUT2D eigenvalue weighted by atomic mass is 9.79. The molecule has 33 heavy (non-hydrogen) atoms. The summed E-state index contributed by atoms with van der Waals surface area (Å²) < 4.78 is 7.60. The number of benzene rings is 2. The number of nitrogens with zero attached hydrogens (tertiary/aromatic N) is 3. The van der Waals surface area contributed by atoms with Crippen LogP contribution in [0.2, 0.25) is 0 Å². The highest BCUT2D eigenvalue weighted by Crippen LogP contribution is 2.44. The average molecular weight is 444 g/mol. The van der Waals surface area contributed by atoms with Gasteiger partial charge < -0.3 is 9.30 Å². The number of hydrogen-bond donors (Lipinski definition) is 0. The van der Waals surface area contributed by atoms with Crippen molar-refractivity contribution in [3.63, 3.8) is 0 Å². The summed E-state index contributed by atoms with van der Waals surface area (Å²) in [7, 11) is 0. The molecule has 1 aliphatic carbocycles. The smallest absolute Gasteiger partial charge is 0.320 e. The molecule has 3 atom stereocenters. The number of imidazole rings is 1. The Bertz CT molecular complexity index is 1180. The van der Waals surface area contributed by atoms with Gasteiger partial charge >= 0.3 is 5.97 Å². The first-order valence-electron chi connectivity index (χ1n) is 11.8. The Balaban J connectivity index is 1.63. The van der Waals surface area contributed by atoms with Gasteiger partial charge in [-0.05, 0) is 56.2 Å². The van der Waals surface area contributed by atoms with Gasteiger partial charge in [-0.15, -0.1) is 0 Å². The second-order valence-corrected chi connectivity index (χ2v) is 8.76. The molecule has 2 aromatic carbocycles. The third-order valence-electron chi connectivity index (χ3n) is 6.79. The predicted molar refractivity (Wildman–Crippen MR) is 128 cm³/mol. The molecule has 6 heteroatoms. The van der Waals surface area contributed by atoms with Crippen molar-refractivity contribution in [3.05, 3.63) is 72.3 Å². The molecule has 0 unspecified atom stereocenters. The summed E-state index contributed by atoms with van der Waals surface area (Å²) in [5, 5.41) is 0. The Morgan fingerprint density at radius 1 is 1.09 bits per heavy atom. The van der Waals surface area contributed by atoms with Crippen LogP contribution in [0.4, 0.5) is 5.95 Å². The molecule has 0 fully saturated rings. The number of carbonyl (C=O) groups excluding carboxylic acids is 2. The van der Waals surface area contributed by atoms with Crippen LogP contribution in [-0.4, -0.2) is 34.6 Å². The monoisotopic (exact) mass is 443 g/mol. The molecule has 2 aliphatic rings. The first kappa shape index (κ1) is 21.4. The van der Waals surface area contributed by atoms with Gasteiger partial charge in [-0.25, -0.2) is 4.98 Å². The second kappa shape index (κ2) is 9.22. The minimum absolute atomic E-state index is 0.168. The fraction of sp³-hybridized carbons (Fsp3) is 0.370. The van der Waals surface area contributed by atoms with Crippen LogP contribution < -0.4 is 4.90 Å². The van der Waals surface area contributed by atoms with Gasteiger partial charge in [0, 0.05) is 6.54 Å². The third-order valence-corrected chi connectivity index (χ3v) is 6.79. The molecule has 1 aromatic heterocycles. The third kappa shape index (κ3) is 3.94. The lowest BCUT2D eigenvalue weighted by Crippen LogP contribution is -2.52. The van der Waals surface area contributed by atoms with Gasteiger partial charge in [0.25, 0.3) is 0 Å². The molecule has 0 bridgehead atoms. The lowest BCUT2D eigenvalue weighted by molar-refractivity contribution is -0.155. The highest BCUT2D eigenvalue weighted by Gasteiger charge is 2.49. The van der Waals surface area contributed by atoms with E-state index in [9.17, 15) is 9.59 Å². The van der Waals surface area contributed by atoms with Crippen molar-refractivity contribution < 1.29 is 14.3 Å². The molecular weight excluding hydrogens is 414 g/mol. The van der Waals surface area contributed by atoms with E-state index < -0.39 is 11.9 Å². The van der Waals surface area contributed by atoms with Crippen LogP contribution in [0.3, 0.4) is 0 Å². The molecule has 0 saturated carbocycles. The summed E-state index contributed by atoms with van der Waals surface area (Å²) in [4.78, 5) is 33.7. The van der Waals surface area contributed by atoms with E-state index in [0.717, 1.165) is 35.9 Å². The van der Waals surface area contributed by atoms with Crippen LogP contribution in [-0.2, 0) is 20.7 Å². The van der Waals surface area contributed by atoms with Crippen LogP contribution >= 0.6 is 0 Å². The number of allylic oxidation sites excluding steroid dienone is 2. The molecule has 5 rings (SSSR count). The number of ether oxygens (including phenoxy) is 1. The lowest BCUT2D eigenvalue weighted by Gasteiger charge is -2.41. The molecule has 1 amide bonds. The molecule has 0 radical (unpaired) electrons. The van der Waals surface area contributed by atoms with Crippen molar-refractivity contribution in [2.24, 2.45) is 11.8 Å². The first-order chi connectivity index (χ1) is 16.2. The zero-order valence-electron chi connectivity index (χ0n) is 18.9. The number of para-hydroxylation sites is 2. The Labute approximate surface area is 193 Å². The van der Waals surface area contributed by atoms with Gasteiger partial charge in [0.05, 0.1) is 23.7 Å². The maximum Gasteiger partial charge on any atom is 0.320 e. The number of esters is 1. The van der Waals surface area contributed by atoms with E-state index in [1.54, 1.807) is 11.8 Å². The number of hydrogen-bond acceptors (Lipinski definition) is 4. The van der Waals surface area contributed by atoms with Gasteiger partial charge in [0.15, 0.2) is 5.92 Å². The molecule has 1 aliphatic heterocycles. The fourth-order valence-corrected chi connectivity index (χ4v) is 5.26. The highest BCUT2D eigenvalue weighted by atomic mass is 16.5. The topological polar surface area (TPSA) is 64.4 Å². The van der Waals surface area contributed by atoms with Crippen molar-refractivity contribution >= 4 is 28.9 Å². The van der Waals surface area contributed by atoms with Crippen LogP contribution in [0.15, 0.2) is 66.7 Å². The first-order valence-corrected chi connectivity index (χ1v) is 11.8. The van der Waals surface area contributed by atoms with E-state index in [1.807, 2.05) is 42.5 Å². The maximum atomic E-state index is 13.9. The fourth-order valence-electron chi connectivity index (χ4n) is 5.26. The average Bonchev–Trinajstić information content (AvgIpc) is 3.23. The Hall–Kier alpha value is -3.41. The molecule has 6 nitrogen and oxygen atoms in total. The predicted octanol–water partition coefficient (Wildman–Crippen LogP) is 4.70. The maximum absolute atomic E-state index is 13.9. The molecular formula is C27H29N3O3. The van der Waals surface area contributed by atoms with Gasteiger partial charge in [-0.1, -0.05) is 54.6 Å². The normalized spacial score (nSPS) is 22.4. The van der Waals surface area contributed by atoms with Crippen LogP contribution in [0.25, 0.3) is 11.0 Å². The number of amides is 1. The minimum Gasteiger partial charge on any atom is -0.465 e. The number of carbonyl (C=O) groups is 2. The molecule has 0 spiro atoms. The summed E-state index contributed by atoms with van der Waals surface area (Å²) in [5.41, 5.74) is 2.93. The van der Waals surface area contributed by atoms with E-state index in [2.05, 4.69) is 28.9 Å². The molecule has 0 N–H and O–H groups in total. The second-order valence-electron chi connectivity index (χ2n) is 8.76. The number of aromatic nitrogens is 2. The van der Waals surface area contributed by atoms with E-state index in [4.69, 9.17) is 9.72 Å². The van der Waals surface area contributed by atoms with E-state index >= 15 is 0 Å². The highest BCUT2D eigenvalue weighted by molar-refractivity contribution is 6.08. The van der Waals surface area contributed by atoms with Crippen molar-refractivity contribution in [2.45, 2.75) is 38.6 Å². The van der Waals surface area contributed by atoms with Crippen LogP contribution in [0.1, 0.15) is 37.8 Å². The zero-order valence-corrected chi connectivity index (χ0v) is 18.9. The van der Waals surface area contributed by atoms with Gasteiger partial charge in [-0.3, -0.25) is 14.5 Å². The van der Waals surface area contributed by atoms with Crippen molar-refractivity contribution in [2.75, 3.05) is 18.1 Å². The Kier molecular flexibility index (Phi) is 5.99. The molecule has 0 saturated heterocycles. The van der Waals surface area contributed by atoms with Gasteiger partial charge in [-0.2, -0.15) is 0 Å². The zero-order chi connectivity index (χ0) is 22.8. The SMILES string of the molecule is CCOC(=O)[C@@H]1C(=O)N(CCc2ccccc2)c2nc3ccccc3n2[C@@H]1[C@@H]1CC=CCC1. The molecule has 170 valence electrons. The van der Waals surface area contributed by atoms with Gasteiger partial charge in [0.1, 0.15) is 0 Å². The summed E-state index contributed by atoms with van der Waals surface area (Å²) >= 11 is 0. The number of rotatable bonds is 6. The van der Waals surface area contributed by atoms with Crippen molar-refractivity contribution in [3.8, 4) is 0 Å². The van der Waals surface area contributed by atoms with E-state index in [1.165, 1.54) is 0 Å². The summed E-state index contributed by atoms with van der Waals surface area (Å²) in [6.45, 7) is 2.50. The Morgan fingerprint density at radius 3 is 2.64 bits per heavy atom. The van der Waals surface area contributed by atoms with E-state index in [-0.39, 0.29) is 24.5 Å². The summed E-state index contributed by atoms with van der Waals surface area (Å²) in [5.74, 6) is -0.706. The number of anilines is 1. The quantitative estimate of drug-likeness (QED) is 0.315. The molecule has 3 aromatic rings. The summed E-state index contributed by atoms with van der Waals surface area (Å²) in [6, 6.07) is 17.7. The Morgan fingerprint density at radius 2 is 1.88 bits per heavy atom. The van der Waals surface area contributed by atoms with Crippen LogP contribution in [0.5, 0.6) is 0 Å². The van der Waals surface area contributed by atoms with Crippen LogP contribution in [0, 0.1) is 11.8 Å². The summed E-state index contributed by atoms with van der Waals surface area (Å²) in [6.07, 6.45) is 7.75. The number of fused-ring (bicyclic) bond motifs is 3. The van der Waals surface area contributed by atoms with Crippen molar-refractivity contribution in [1.82, 2.24) is 9.55 Å². The standard InChI is InChI=1S/C27H29N3O3/c1-2-33-26(32)23-24(20-13-7-4-8-14-20)30-22-16-10-9-15-21(22)28-27(30)29(25(23)31)18-17-19-11-5-3-6-12-19/h3-7,9-12,15-16,20,23-24H,2,8,13-14,17-18H2,1H3/t20-,23+,24-/m1/s1. The largest absolute Gasteiger partial charge is 0.465 e. The van der Waals surface area contributed by atoms with E-state index in [0.29, 0.717) is 18.9 Å². The van der Waals surface area contributed by atoms with Crippen molar-refractivity contribution in [1.29, 1.82) is 0 Å². The van der Waals surface area contributed by atoms with Gasteiger partial charge in [0.2, 0.25) is 11.9 Å². The minimum atomic E-state index is -0.873.